The Balaban J connectivity index is 1.78. The topological polar surface area (TPSA) is 92.9 Å². The number of nitro benzene ring substituents is 1. The van der Waals surface area contributed by atoms with Gasteiger partial charge in [0, 0.05) is 25.2 Å². The molecule has 0 aromatic heterocycles. The predicted octanol–water partition coefficient (Wildman–Crippen LogP) is 3.54. The molecule has 0 aliphatic rings. The van der Waals surface area contributed by atoms with Gasteiger partial charge in [0.25, 0.3) is 5.69 Å². The number of benzene rings is 2. The van der Waals surface area contributed by atoms with E-state index in [4.69, 9.17) is 4.74 Å². The first kappa shape index (κ1) is 17.3. The van der Waals surface area contributed by atoms with E-state index in [1.165, 1.54) is 29.2 Å². The molecule has 0 saturated carbocycles. The van der Waals surface area contributed by atoms with Crippen LogP contribution in [0.2, 0.25) is 0 Å². The van der Waals surface area contributed by atoms with Crippen molar-refractivity contribution in [3.8, 4) is 5.75 Å². The largest absolute Gasteiger partial charge is 0.494 e. The Morgan fingerprint density at radius 2 is 1.79 bits per heavy atom. The Morgan fingerprint density at radius 3 is 2.38 bits per heavy atom. The number of ether oxygens (including phenoxy) is 1. The van der Waals surface area contributed by atoms with E-state index in [2.05, 4.69) is 0 Å². The molecule has 2 rings (SSSR count). The summed E-state index contributed by atoms with van der Waals surface area (Å²) in [6.45, 7) is 1.00. The lowest BCUT2D eigenvalue weighted by molar-refractivity contribution is -0.384. The Bertz CT molecular complexity index is 673. The Labute approximate surface area is 139 Å². The van der Waals surface area contributed by atoms with Gasteiger partial charge in [-0.3, -0.25) is 10.1 Å². The maximum atomic E-state index is 11.3. The van der Waals surface area contributed by atoms with Crippen LogP contribution in [0.25, 0.3) is 0 Å². The molecule has 0 atom stereocenters. The monoisotopic (exact) mass is 330 g/mol. The second-order valence-corrected chi connectivity index (χ2v) is 5.14. The van der Waals surface area contributed by atoms with Crippen LogP contribution in [0, 0.1) is 10.1 Å². The normalized spacial score (nSPS) is 10.2. The molecular formula is C17H18N2O5. The molecule has 0 spiro atoms. The summed E-state index contributed by atoms with van der Waals surface area (Å²) in [6.07, 6.45) is -0.454. The van der Waals surface area contributed by atoms with Crippen LogP contribution in [-0.4, -0.2) is 34.2 Å². The predicted molar refractivity (Wildman–Crippen MR) is 88.1 cm³/mol. The molecule has 0 saturated heterocycles. The van der Waals surface area contributed by atoms with Crippen LogP contribution in [0.5, 0.6) is 5.75 Å². The lowest BCUT2D eigenvalue weighted by Crippen LogP contribution is -2.30. The van der Waals surface area contributed by atoms with Crippen LogP contribution in [0.15, 0.2) is 54.6 Å². The molecule has 2 aromatic carbocycles. The highest BCUT2D eigenvalue weighted by atomic mass is 16.6. The summed E-state index contributed by atoms with van der Waals surface area (Å²) in [6, 6.07) is 15.2. The Morgan fingerprint density at radius 1 is 1.12 bits per heavy atom. The Hall–Kier alpha value is -3.09. The fourth-order valence-corrected chi connectivity index (χ4v) is 2.16. The summed E-state index contributed by atoms with van der Waals surface area (Å²) >= 11 is 0. The zero-order valence-corrected chi connectivity index (χ0v) is 13.0. The summed E-state index contributed by atoms with van der Waals surface area (Å²) in [7, 11) is 0. The second kappa shape index (κ2) is 8.52. The van der Waals surface area contributed by atoms with Crippen molar-refractivity contribution in [1.82, 2.24) is 4.90 Å². The number of carbonyl (C=O) groups is 1. The van der Waals surface area contributed by atoms with Crippen molar-refractivity contribution in [3.05, 3.63) is 70.3 Å². The third kappa shape index (κ3) is 5.28. The molecule has 0 radical (unpaired) electrons. The molecule has 0 aliphatic carbocycles. The number of amides is 1. The van der Waals surface area contributed by atoms with E-state index in [9.17, 15) is 20.0 Å². The Kier molecular flexibility index (Phi) is 6.13. The molecular weight excluding hydrogens is 312 g/mol. The fourth-order valence-electron chi connectivity index (χ4n) is 2.16. The highest BCUT2D eigenvalue weighted by Crippen LogP contribution is 2.17. The molecule has 0 fully saturated rings. The van der Waals surface area contributed by atoms with Crippen molar-refractivity contribution in [1.29, 1.82) is 0 Å². The highest BCUT2D eigenvalue weighted by molar-refractivity contribution is 5.64. The van der Waals surface area contributed by atoms with Gasteiger partial charge in [-0.25, -0.2) is 4.79 Å². The van der Waals surface area contributed by atoms with Crippen LogP contribution in [0.4, 0.5) is 10.5 Å². The van der Waals surface area contributed by atoms with E-state index in [0.29, 0.717) is 31.9 Å². The van der Waals surface area contributed by atoms with Crippen molar-refractivity contribution in [2.24, 2.45) is 0 Å². The SMILES string of the molecule is O=C(O)N(CCCOc1ccc([N+](=O)[O-])cc1)Cc1ccccc1. The van der Waals surface area contributed by atoms with Gasteiger partial charge >= 0.3 is 6.09 Å². The zero-order chi connectivity index (χ0) is 17.4. The van der Waals surface area contributed by atoms with Crippen molar-refractivity contribution in [2.45, 2.75) is 13.0 Å². The molecule has 126 valence electrons. The van der Waals surface area contributed by atoms with Crippen LogP contribution in [0.3, 0.4) is 0 Å². The number of rotatable bonds is 8. The number of carboxylic acid groups (broad SMARTS) is 1. The average molecular weight is 330 g/mol. The van der Waals surface area contributed by atoms with Gasteiger partial charge in [0.05, 0.1) is 11.5 Å². The van der Waals surface area contributed by atoms with Gasteiger partial charge in [-0.05, 0) is 24.1 Å². The smallest absolute Gasteiger partial charge is 0.407 e. The number of hydrogen-bond acceptors (Lipinski definition) is 4. The van der Waals surface area contributed by atoms with Crippen LogP contribution in [0.1, 0.15) is 12.0 Å². The zero-order valence-electron chi connectivity index (χ0n) is 13.0. The van der Waals surface area contributed by atoms with Gasteiger partial charge in [-0.2, -0.15) is 0 Å². The summed E-state index contributed by atoms with van der Waals surface area (Å²) in [5.74, 6) is 0.519. The van der Waals surface area contributed by atoms with Crippen LogP contribution < -0.4 is 4.74 Å². The first-order valence-electron chi connectivity index (χ1n) is 7.45. The minimum Gasteiger partial charge on any atom is -0.494 e. The maximum absolute atomic E-state index is 11.3. The molecule has 0 bridgehead atoms. The summed E-state index contributed by atoms with van der Waals surface area (Å²) in [5.41, 5.74) is 0.929. The van der Waals surface area contributed by atoms with Crippen LogP contribution in [-0.2, 0) is 6.54 Å². The molecule has 24 heavy (non-hydrogen) atoms. The molecule has 0 heterocycles. The number of nitrogens with zero attached hydrogens (tertiary/aromatic N) is 2. The van der Waals surface area contributed by atoms with Gasteiger partial charge in [0.1, 0.15) is 5.75 Å². The first-order chi connectivity index (χ1) is 11.6. The standard InChI is InChI=1S/C17H18N2O5/c20-17(21)18(13-14-5-2-1-3-6-14)11-4-12-24-16-9-7-15(8-10-16)19(22)23/h1-3,5-10H,4,11-13H2,(H,20,21). The second-order valence-electron chi connectivity index (χ2n) is 5.14. The van der Waals surface area contributed by atoms with E-state index in [-0.39, 0.29) is 5.69 Å². The number of nitro groups is 1. The first-order valence-corrected chi connectivity index (χ1v) is 7.45. The molecule has 7 nitrogen and oxygen atoms in total. The molecule has 1 N–H and O–H groups in total. The summed E-state index contributed by atoms with van der Waals surface area (Å²) in [5, 5.41) is 19.8. The number of hydrogen-bond donors (Lipinski definition) is 1. The highest BCUT2D eigenvalue weighted by Gasteiger charge is 2.12. The van der Waals surface area contributed by atoms with Gasteiger partial charge in [-0.1, -0.05) is 30.3 Å². The minimum atomic E-state index is -0.978. The van der Waals surface area contributed by atoms with Crippen molar-refractivity contribution >= 4 is 11.8 Å². The fraction of sp³-hybridized carbons (Fsp3) is 0.235. The van der Waals surface area contributed by atoms with E-state index in [1.54, 1.807) is 0 Å². The quantitative estimate of drug-likeness (QED) is 0.454. The average Bonchev–Trinajstić information content (AvgIpc) is 2.58. The van der Waals surface area contributed by atoms with Crippen molar-refractivity contribution in [3.63, 3.8) is 0 Å². The van der Waals surface area contributed by atoms with E-state index in [1.807, 2.05) is 30.3 Å². The molecule has 0 aliphatic heterocycles. The molecule has 2 aromatic rings. The van der Waals surface area contributed by atoms with Gasteiger partial charge in [0.15, 0.2) is 0 Å². The molecule has 1 amide bonds. The third-order valence-electron chi connectivity index (χ3n) is 3.38. The minimum absolute atomic E-state index is 0.00210. The van der Waals surface area contributed by atoms with Crippen molar-refractivity contribution in [2.75, 3.05) is 13.2 Å². The number of non-ortho nitro benzene ring substituents is 1. The van der Waals surface area contributed by atoms with Gasteiger partial charge in [-0.15, -0.1) is 0 Å². The lowest BCUT2D eigenvalue weighted by Gasteiger charge is -2.19. The van der Waals surface area contributed by atoms with Gasteiger partial charge < -0.3 is 14.7 Å². The maximum Gasteiger partial charge on any atom is 0.407 e. The third-order valence-corrected chi connectivity index (χ3v) is 3.38. The van der Waals surface area contributed by atoms with E-state index < -0.39 is 11.0 Å². The molecule has 0 unspecified atom stereocenters. The van der Waals surface area contributed by atoms with Crippen LogP contribution >= 0.6 is 0 Å². The molecule has 7 heteroatoms. The summed E-state index contributed by atoms with van der Waals surface area (Å²) < 4.78 is 5.48. The van der Waals surface area contributed by atoms with Crippen molar-refractivity contribution < 1.29 is 19.6 Å². The van der Waals surface area contributed by atoms with E-state index in [0.717, 1.165) is 5.56 Å². The summed E-state index contributed by atoms with van der Waals surface area (Å²) in [4.78, 5) is 22.7. The lowest BCUT2D eigenvalue weighted by atomic mass is 10.2. The van der Waals surface area contributed by atoms with E-state index >= 15 is 0 Å². The van der Waals surface area contributed by atoms with Gasteiger partial charge in [0.2, 0.25) is 0 Å².